The highest BCUT2D eigenvalue weighted by Crippen LogP contribution is 2.32. The van der Waals surface area contributed by atoms with E-state index in [1.807, 2.05) is 18.2 Å². The number of aromatic nitrogens is 3. The fourth-order valence-electron chi connectivity index (χ4n) is 3.02. The summed E-state index contributed by atoms with van der Waals surface area (Å²) in [4.78, 5) is 6.22. The van der Waals surface area contributed by atoms with E-state index in [1.54, 1.807) is 11.9 Å². The number of nitrogens with one attached hydrogen (secondary N) is 1. The summed E-state index contributed by atoms with van der Waals surface area (Å²) < 4.78 is 34.0. The van der Waals surface area contributed by atoms with Crippen molar-refractivity contribution in [1.29, 1.82) is 0 Å². The predicted molar refractivity (Wildman–Crippen MR) is 95.2 cm³/mol. The van der Waals surface area contributed by atoms with Gasteiger partial charge in [-0.2, -0.15) is 10.1 Å². The molecule has 1 fully saturated rings. The zero-order chi connectivity index (χ0) is 18.1. The van der Waals surface area contributed by atoms with E-state index in [1.165, 1.54) is 6.20 Å². The lowest BCUT2D eigenvalue weighted by molar-refractivity contribution is 0.174. The molecule has 4 rings (SSSR count). The maximum absolute atomic E-state index is 11.7. The number of rotatable bonds is 5. The van der Waals surface area contributed by atoms with E-state index in [4.69, 9.17) is 9.47 Å². The van der Waals surface area contributed by atoms with Crippen LogP contribution in [0.1, 0.15) is 12.0 Å². The Kier molecular flexibility index (Phi) is 4.27. The highest BCUT2D eigenvalue weighted by molar-refractivity contribution is 7.91. The molecule has 138 valence electrons. The summed E-state index contributed by atoms with van der Waals surface area (Å²) in [6, 6.07) is 5.62. The normalized spacial score (nSPS) is 20.1. The molecule has 0 amide bonds. The molecule has 2 aromatic rings. The van der Waals surface area contributed by atoms with Gasteiger partial charge in [0.2, 0.25) is 12.7 Å². The Morgan fingerprint density at radius 3 is 2.96 bits per heavy atom. The van der Waals surface area contributed by atoms with Crippen LogP contribution in [0.2, 0.25) is 0 Å². The van der Waals surface area contributed by atoms with Crippen LogP contribution in [0.4, 0.5) is 11.8 Å². The van der Waals surface area contributed by atoms with E-state index < -0.39 is 9.84 Å². The van der Waals surface area contributed by atoms with Crippen molar-refractivity contribution >= 4 is 21.6 Å². The molecule has 0 radical (unpaired) electrons. The van der Waals surface area contributed by atoms with Gasteiger partial charge in [0.25, 0.3) is 0 Å². The molecule has 1 N–H and O–H groups in total. The highest BCUT2D eigenvalue weighted by Gasteiger charge is 2.32. The summed E-state index contributed by atoms with van der Waals surface area (Å²) >= 11 is 0. The van der Waals surface area contributed by atoms with E-state index in [0.717, 1.165) is 17.1 Å². The molecule has 2 aliphatic rings. The average molecular weight is 377 g/mol. The Balaban J connectivity index is 1.43. The highest BCUT2D eigenvalue weighted by atomic mass is 32.2. The number of benzene rings is 1. The van der Waals surface area contributed by atoms with Crippen molar-refractivity contribution in [3.8, 4) is 11.5 Å². The minimum atomic E-state index is -2.97. The van der Waals surface area contributed by atoms with Gasteiger partial charge in [-0.05, 0) is 24.1 Å². The first-order valence-electron chi connectivity index (χ1n) is 8.25. The van der Waals surface area contributed by atoms with E-state index in [2.05, 4.69) is 20.5 Å². The maximum Gasteiger partial charge on any atom is 0.247 e. The molecule has 9 nitrogen and oxygen atoms in total. The molecule has 0 spiro atoms. The monoisotopic (exact) mass is 377 g/mol. The minimum absolute atomic E-state index is 0.120. The van der Waals surface area contributed by atoms with Crippen molar-refractivity contribution in [3.63, 3.8) is 0 Å². The molecule has 3 heterocycles. The number of nitrogens with zero attached hydrogens (tertiary/aromatic N) is 4. The quantitative estimate of drug-likeness (QED) is 0.811. The van der Waals surface area contributed by atoms with Crippen molar-refractivity contribution in [1.82, 2.24) is 15.2 Å². The van der Waals surface area contributed by atoms with Crippen LogP contribution in [-0.4, -0.2) is 55.0 Å². The lowest BCUT2D eigenvalue weighted by Crippen LogP contribution is -2.34. The van der Waals surface area contributed by atoms with E-state index in [9.17, 15) is 8.42 Å². The zero-order valence-corrected chi connectivity index (χ0v) is 15.1. The molecule has 1 saturated heterocycles. The smallest absolute Gasteiger partial charge is 0.247 e. The molecule has 0 saturated carbocycles. The van der Waals surface area contributed by atoms with Gasteiger partial charge in [0, 0.05) is 19.6 Å². The number of hydrogen-bond donors (Lipinski definition) is 1. The first-order valence-corrected chi connectivity index (χ1v) is 10.1. The molecule has 0 bridgehead atoms. The van der Waals surface area contributed by atoms with Crippen molar-refractivity contribution in [2.24, 2.45) is 0 Å². The predicted octanol–water partition coefficient (Wildman–Crippen LogP) is 0.836. The summed E-state index contributed by atoms with van der Waals surface area (Å²) in [5.74, 6) is 2.78. The lowest BCUT2D eigenvalue weighted by Gasteiger charge is -2.22. The number of hydrogen-bond acceptors (Lipinski definition) is 9. The van der Waals surface area contributed by atoms with Gasteiger partial charge in [-0.15, -0.1) is 5.10 Å². The van der Waals surface area contributed by atoms with E-state index in [-0.39, 0.29) is 24.3 Å². The van der Waals surface area contributed by atoms with Crippen LogP contribution in [0, 0.1) is 0 Å². The number of ether oxygens (including phenoxy) is 2. The molecule has 1 aromatic carbocycles. The zero-order valence-electron chi connectivity index (χ0n) is 14.3. The number of fused-ring (bicyclic) bond motifs is 1. The van der Waals surface area contributed by atoms with E-state index in [0.29, 0.717) is 24.7 Å². The Morgan fingerprint density at radius 2 is 2.15 bits per heavy atom. The average Bonchev–Trinajstić information content (AvgIpc) is 3.25. The summed E-state index contributed by atoms with van der Waals surface area (Å²) in [5, 5.41) is 11.2. The second-order valence-corrected chi connectivity index (χ2v) is 8.58. The fourth-order valence-corrected chi connectivity index (χ4v) is 4.79. The van der Waals surface area contributed by atoms with Crippen LogP contribution < -0.4 is 19.7 Å². The van der Waals surface area contributed by atoms with Crippen molar-refractivity contribution in [2.45, 2.75) is 19.0 Å². The van der Waals surface area contributed by atoms with Gasteiger partial charge >= 0.3 is 0 Å². The molecule has 1 aromatic heterocycles. The number of anilines is 2. The lowest BCUT2D eigenvalue weighted by atomic mass is 10.2. The first kappa shape index (κ1) is 16.8. The molecular weight excluding hydrogens is 358 g/mol. The van der Waals surface area contributed by atoms with Crippen LogP contribution in [0.3, 0.4) is 0 Å². The topological polar surface area (TPSA) is 107 Å². The second-order valence-electron chi connectivity index (χ2n) is 6.35. The molecule has 1 unspecified atom stereocenters. The maximum atomic E-state index is 11.7. The summed E-state index contributed by atoms with van der Waals surface area (Å²) in [6.45, 7) is 0.783. The van der Waals surface area contributed by atoms with Crippen LogP contribution in [0.5, 0.6) is 11.5 Å². The standard InChI is InChI=1S/C16H19N5O4S/c1-21(12-4-5-26(22,23)9-12)16-19-15(8-18-20-16)17-7-11-2-3-13-14(6-11)25-10-24-13/h2-3,6,8,12H,4-5,7,9-10H2,1H3,(H,17,19,20). The van der Waals surface area contributed by atoms with Crippen LogP contribution >= 0.6 is 0 Å². The van der Waals surface area contributed by atoms with Gasteiger partial charge in [0.1, 0.15) is 0 Å². The fraction of sp³-hybridized carbons (Fsp3) is 0.438. The third-order valence-corrected chi connectivity index (χ3v) is 6.28. The van der Waals surface area contributed by atoms with Crippen molar-refractivity contribution in [3.05, 3.63) is 30.0 Å². The Hall–Kier alpha value is -2.62. The van der Waals surface area contributed by atoms with Crippen LogP contribution in [-0.2, 0) is 16.4 Å². The SMILES string of the molecule is CN(c1nncc(NCc2ccc3c(c2)OCO3)n1)C1CCS(=O)(=O)C1. The molecule has 2 aliphatic heterocycles. The molecule has 10 heteroatoms. The molecule has 1 atom stereocenters. The minimum Gasteiger partial charge on any atom is -0.454 e. The Morgan fingerprint density at radius 1 is 1.31 bits per heavy atom. The van der Waals surface area contributed by atoms with Gasteiger partial charge in [0.05, 0.1) is 17.7 Å². The summed E-state index contributed by atoms with van der Waals surface area (Å²) in [7, 11) is -1.17. The van der Waals surface area contributed by atoms with Gasteiger partial charge in [-0.25, -0.2) is 8.42 Å². The Bertz CT molecular complexity index is 921. The van der Waals surface area contributed by atoms with Crippen LogP contribution in [0.25, 0.3) is 0 Å². The van der Waals surface area contributed by atoms with Crippen molar-refractivity contribution in [2.75, 3.05) is 35.6 Å². The second kappa shape index (κ2) is 6.60. The van der Waals surface area contributed by atoms with Gasteiger partial charge in [-0.3, -0.25) is 0 Å². The largest absolute Gasteiger partial charge is 0.454 e. The molecule has 0 aliphatic carbocycles. The van der Waals surface area contributed by atoms with Crippen LogP contribution in [0.15, 0.2) is 24.4 Å². The third kappa shape index (κ3) is 3.50. The van der Waals surface area contributed by atoms with Gasteiger partial charge in [0.15, 0.2) is 27.2 Å². The number of sulfone groups is 1. The van der Waals surface area contributed by atoms with Gasteiger partial charge < -0.3 is 19.7 Å². The first-order chi connectivity index (χ1) is 12.5. The molecule has 26 heavy (non-hydrogen) atoms. The Labute approximate surface area is 151 Å². The van der Waals surface area contributed by atoms with Crippen molar-refractivity contribution < 1.29 is 17.9 Å². The van der Waals surface area contributed by atoms with E-state index >= 15 is 0 Å². The van der Waals surface area contributed by atoms with Gasteiger partial charge in [-0.1, -0.05) is 6.07 Å². The molecular formula is C16H19N5O4S. The summed E-state index contributed by atoms with van der Waals surface area (Å²) in [5.41, 5.74) is 1.02. The summed E-state index contributed by atoms with van der Waals surface area (Å²) in [6.07, 6.45) is 2.12. The third-order valence-electron chi connectivity index (χ3n) is 4.53.